The zero-order chi connectivity index (χ0) is 18.7. The number of anilines is 1. The smallest absolute Gasteiger partial charge is 0.381 e. The van der Waals surface area contributed by atoms with Gasteiger partial charge >= 0.3 is 18.4 Å². The summed E-state index contributed by atoms with van der Waals surface area (Å²) in [5.41, 5.74) is -3.55. The molecule has 2 N–H and O–H groups in total. The van der Waals surface area contributed by atoms with Crippen LogP contribution in [0.25, 0.3) is 0 Å². The Kier molecular flexibility index (Phi) is 5.81. The molecule has 0 unspecified atom stereocenters. The molecule has 1 aliphatic rings. The van der Waals surface area contributed by atoms with E-state index in [1.165, 1.54) is 0 Å². The minimum atomic E-state index is -4.96. The lowest BCUT2D eigenvalue weighted by Gasteiger charge is -2.22. The second-order valence-electron chi connectivity index (χ2n) is 5.69. The van der Waals surface area contributed by atoms with Crippen molar-refractivity contribution < 1.29 is 35.9 Å². The average molecular weight is 370 g/mol. The highest BCUT2D eigenvalue weighted by Crippen LogP contribution is 2.37. The molecule has 0 radical (unpaired) electrons. The zero-order valence-electron chi connectivity index (χ0n) is 12.9. The van der Waals surface area contributed by atoms with Gasteiger partial charge in [-0.25, -0.2) is 4.79 Å². The third kappa shape index (κ3) is 5.80. The first-order valence-corrected chi connectivity index (χ1v) is 7.48. The van der Waals surface area contributed by atoms with Gasteiger partial charge in [0.15, 0.2) is 0 Å². The van der Waals surface area contributed by atoms with Crippen LogP contribution in [0.4, 0.5) is 36.8 Å². The second kappa shape index (κ2) is 7.51. The molecule has 1 aromatic carbocycles. The van der Waals surface area contributed by atoms with Gasteiger partial charge in [0.1, 0.15) is 0 Å². The van der Waals surface area contributed by atoms with Crippen molar-refractivity contribution in [2.45, 2.75) is 25.2 Å². The van der Waals surface area contributed by atoms with E-state index in [2.05, 4.69) is 5.32 Å². The molecule has 1 heterocycles. The minimum absolute atomic E-state index is 0.00507. The average Bonchev–Trinajstić information content (AvgIpc) is 2.52. The Morgan fingerprint density at radius 1 is 1.00 bits per heavy atom. The molecule has 2 amide bonds. The summed E-state index contributed by atoms with van der Waals surface area (Å²) in [5, 5.41) is 4.47. The maximum Gasteiger partial charge on any atom is 0.416 e. The van der Waals surface area contributed by atoms with E-state index in [0.717, 1.165) is 12.8 Å². The van der Waals surface area contributed by atoms with Gasteiger partial charge in [-0.15, -0.1) is 0 Å². The van der Waals surface area contributed by atoms with Crippen molar-refractivity contribution in [3.05, 3.63) is 29.3 Å². The van der Waals surface area contributed by atoms with Gasteiger partial charge in [0.25, 0.3) is 0 Å². The Labute approximate surface area is 139 Å². The van der Waals surface area contributed by atoms with E-state index in [1.54, 1.807) is 0 Å². The number of hydrogen-bond acceptors (Lipinski definition) is 2. The summed E-state index contributed by atoms with van der Waals surface area (Å²) < 4.78 is 81.7. The van der Waals surface area contributed by atoms with Crippen molar-refractivity contribution in [2.75, 3.05) is 25.1 Å². The van der Waals surface area contributed by atoms with Crippen molar-refractivity contribution in [2.24, 2.45) is 5.92 Å². The Bertz CT molecular complexity index is 577. The number of amides is 2. The standard InChI is InChI=1S/C15H16F6N2O2/c16-14(17,18)10-5-11(15(19,20)21)7-12(6-10)23-13(24)22-8-9-1-3-25-4-2-9/h5-7,9H,1-4,8H2,(H2,22,23,24). The Morgan fingerprint density at radius 3 is 2.00 bits per heavy atom. The number of urea groups is 1. The molecule has 1 aliphatic heterocycles. The molecule has 0 spiro atoms. The number of ether oxygens (including phenoxy) is 1. The number of carbonyl (C=O) groups excluding carboxylic acids is 1. The molecule has 0 atom stereocenters. The molecule has 2 rings (SSSR count). The number of carbonyl (C=O) groups is 1. The first kappa shape index (κ1) is 19.4. The fourth-order valence-electron chi connectivity index (χ4n) is 2.39. The van der Waals surface area contributed by atoms with Gasteiger partial charge in [0.05, 0.1) is 11.1 Å². The third-order valence-electron chi connectivity index (χ3n) is 3.74. The van der Waals surface area contributed by atoms with Crippen molar-refractivity contribution >= 4 is 11.7 Å². The first-order chi connectivity index (χ1) is 11.6. The number of nitrogens with one attached hydrogen (secondary N) is 2. The maximum atomic E-state index is 12.8. The normalized spacial score (nSPS) is 16.6. The van der Waals surface area contributed by atoms with Crippen LogP contribution in [0.2, 0.25) is 0 Å². The van der Waals surface area contributed by atoms with E-state index in [1.807, 2.05) is 5.32 Å². The van der Waals surface area contributed by atoms with Crippen LogP contribution >= 0.6 is 0 Å². The SMILES string of the molecule is O=C(NCC1CCOCC1)Nc1cc(C(F)(F)F)cc(C(F)(F)F)c1. The second-order valence-corrected chi connectivity index (χ2v) is 5.69. The highest BCUT2D eigenvalue weighted by atomic mass is 19.4. The molecule has 1 aromatic rings. The molecule has 10 heteroatoms. The summed E-state index contributed by atoms with van der Waals surface area (Å²) in [6, 6.07) is 0.0661. The van der Waals surface area contributed by atoms with E-state index < -0.39 is 35.2 Å². The molecule has 1 fully saturated rings. The molecule has 1 saturated heterocycles. The molecule has 140 valence electrons. The van der Waals surface area contributed by atoms with E-state index in [-0.39, 0.29) is 18.5 Å². The van der Waals surface area contributed by atoms with E-state index >= 15 is 0 Å². The summed E-state index contributed by atoms with van der Waals surface area (Å²) in [4.78, 5) is 11.8. The fourth-order valence-corrected chi connectivity index (χ4v) is 2.39. The van der Waals surface area contributed by atoms with E-state index in [9.17, 15) is 31.1 Å². The molecule has 25 heavy (non-hydrogen) atoms. The summed E-state index contributed by atoms with van der Waals surface area (Å²) in [7, 11) is 0. The summed E-state index contributed by atoms with van der Waals surface area (Å²) in [6.07, 6.45) is -8.48. The first-order valence-electron chi connectivity index (χ1n) is 7.48. The number of rotatable bonds is 3. The lowest BCUT2D eigenvalue weighted by Crippen LogP contribution is -2.35. The summed E-state index contributed by atoms with van der Waals surface area (Å²) in [5.74, 6) is 0.159. The topological polar surface area (TPSA) is 50.4 Å². The van der Waals surface area contributed by atoms with Gasteiger partial charge in [0.2, 0.25) is 0 Å². The van der Waals surface area contributed by atoms with Crippen molar-refractivity contribution in [3.8, 4) is 0 Å². The van der Waals surface area contributed by atoms with E-state index in [4.69, 9.17) is 4.74 Å². The largest absolute Gasteiger partial charge is 0.416 e. The number of halogens is 6. The maximum absolute atomic E-state index is 12.8. The lowest BCUT2D eigenvalue weighted by atomic mass is 10.0. The zero-order valence-corrected chi connectivity index (χ0v) is 12.9. The summed E-state index contributed by atoms with van der Waals surface area (Å²) >= 11 is 0. The van der Waals surface area contributed by atoms with Crippen LogP contribution in [-0.4, -0.2) is 25.8 Å². The lowest BCUT2D eigenvalue weighted by molar-refractivity contribution is -0.143. The molecule has 4 nitrogen and oxygen atoms in total. The van der Waals surface area contributed by atoms with Gasteiger partial charge in [-0.1, -0.05) is 0 Å². The van der Waals surface area contributed by atoms with Gasteiger partial charge in [-0.3, -0.25) is 0 Å². The molecule has 0 aliphatic carbocycles. The van der Waals surface area contributed by atoms with Gasteiger partial charge in [-0.2, -0.15) is 26.3 Å². The molecular formula is C15H16F6N2O2. The Balaban J connectivity index is 2.07. The number of alkyl halides is 6. The molecular weight excluding hydrogens is 354 g/mol. The van der Waals surface area contributed by atoms with Crippen molar-refractivity contribution in [1.82, 2.24) is 5.32 Å². The Morgan fingerprint density at radius 2 is 1.52 bits per heavy atom. The van der Waals surface area contributed by atoms with Crippen LogP contribution < -0.4 is 10.6 Å². The van der Waals surface area contributed by atoms with Crippen molar-refractivity contribution in [1.29, 1.82) is 0 Å². The molecule has 0 aromatic heterocycles. The van der Waals surface area contributed by atoms with Crippen LogP contribution in [0.5, 0.6) is 0 Å². The minimum Gasteiger partial charge on any atom is -0.381 e. The van der Waals surface area contributed by atoms with Crippen LogP contribution in [0.3, 0.4) is 0 Å². The fraction of sp³-hybridized carbons (Fsp3) is 0.533. The quantitative estimate of drug-likeness (QED) is 0.781. The van der Waals surface area contributed by atoms with E-state index in [0.29, 0.717) is 25.3 Å². The Hall–Kier alpha value is -1.97. The van der Waals surface area contributed by atoms with Gasteiger partial charge in [0, 0.05) is 25.4 Å². The monoisotopic (exact) mass is 370 g/mol. The van der Waals surface area contributed by atoms with Crippen LogP contribution in [0.1, 0.15) is 24.0 Å². The van der Waals surface area contributed by atoms with Gasteiger partial charge in [-0.05, 0) is 37.0 Å². The molecule has 0 saturated carbocycles. The van der Waals surface area contributed by atoms with Crippen LogP contribution in [0, 0.1) is 5.92 Å². The van der Waals surface area contributed by atoms with Crippen molar-refractivity contribution in [3.63, 3.8) is 0 Å². The molecule has 0 bridgehead atoms. The predicted octanol–water partition coefficient (Wildman–Crippen LogP) is 4.27. The van der Waals surface area contributed by atoms with Crippen LogP contribution in [-0.2, 0) is 17.1 Å². The highest BCUT2D eigenvalue weighted by molar-refractivity contribution is 5.89. The summed E-state index contributed by atoms with van der Waals surface area (Å²) in [6.45, 7) is 1.37. The highest BCUT2D eigenvalue weighted by Gasteiger charge is 2.37. The van der Waals surface area contributed by atoms with Crippen LogP contribution in [0.15, 0.2) is 18.2 Å². The predicted molar refractivity (Wildman–Crippen MR) is 77.0 cm³/mol. The number of hydrogen-bond donors (Lipinski definition) is 2. The number of benzene rings is 1. The van der Waals surface area contributed by atoms with Gasteiger partial charge < -0.3 is 15.4 Å². The third-order valence-corrected chi connectivity index (χ3v) is 3.74.